The van der Waals surface area contributed by atoms with E-state index in [1.807, 2.05) is 56.3 Å². The smallest absolute Gasteiger partial charge is 0.243 e. The second-order valence-electron chi connectivity index (χ2n) is 8.28. The van der Waals surface area contributed by atoms with Gasteiger partial charge in [-0.1, -0.05) is 23.5 Å². The molecule has 3 heterocycles. The van der Waals surface area contributed by atoms with Crippen LogP contribution in [0, 0.1) is 0 Å². The average molecular weight is 461 g/mol. The van der Waals surface area contributed by atoms with E-state index >= 15 is 0 Å². The Kier molecular flexibility index (Phi) is 5.65. The van der Waals surface area contributed by atoms with Crippen molar-refractivity contribution in [2.24, 2.45) is 0 Å². The first-order chi connectivity index (χ1) is 16.0. The van der Waals surface area contributed by atoms with Gasteiger partial charge in [0.05, 0.1) is 22.3 Å². The third kappa shape index (κ3) is 4.50. The zero-order valence-electron chi connectivity index (χ0n) is 18.4. The van der Waals surface area contributed by atoms with Crippen molar-refractivity contribution in [1.82, 2.24) is 25.2 Å². The van der Waals surface area contributed by atoms with Gasteiger partial charge in [-0.3, -0.25) is 14.7 Å². The van der Waals surface area contributed by atoms with Gasteiger partial charge >= 0.3 is 0 Å². The number of rotatable bonds is 6. The van der Waals surface area contributed by atoms with Crippen molar-refractivity contribution >= 4 is 38.3 Å². The van der Waals surface area contributed by atoms with Crippen molar-refractivity contribution in [2.75, 3.05) is 25.0 Å². The lowest BCUT2D eigenvalue weighted by Gasteiger charge is -2.40. The van der Waals surface area contributed by atoms with E-state index in [1.165, 1.54) is 0 Å². The van der Waals surface area contributed by atoms with Crippen LogP contribution in [0.2, 0.25) is 0 Å². The van der Waals surface area contributed by atoms with E-state index in [1.54, 1.807) is 23.7 Å². The van der Waals surface area contributed by atoms with Crippen molar-refractivity contribution < 1.29 is 9.53 Å². The summed E-state index contributed by atoms with van der Waals surface area (Å²) in [6.45, 7) is 5.73. The molecule has 0 unspecified atom stereocenters. The lowest BCUT2D eigenvalue weighted by molar-refractivity contribution is -0.126. The predicted octanol–water partition coefficient (Wildman–Crippen LogP) is 4.29. The van der Waals surface area contributed by atoms with Gasteiger partial charge in [-0.25, -0.2) is 9.97 Å². The number of carbonyl (C=O) groups excluding carboxylic acids is 1. The number of anilines is 2. The van der Waals surface area contributed by atoms with Crippen LogP contribution in [0.1, 0.15) is 19.5 Å². The molecular formula is C24H24N6O2S. The van der Waals surface area contributed by atoms with Crippen molar-refractivity contribution in [3.8, 4) is 11.6 Å². The van der Waals surface area contributed by atoms with Crippen LogP contribution in [0.3, 0.4) is 0 Å². The number of nitrogens with one attached hydrogen (secondary N) is 2. The summed E-state index contributed by atoms with van der Waals surface area (Å²) in [7, 11) is 0. The zero-order valence-corrected chi connectivity index (χ0v) is 19.2. The molecule has 1 fully saturated rings. The molecule has 9 heteroatoms. The Morgan fingerprint density at radius 1 is 1.09 bits per heavy atom. The highest BCUT2D eigenvalue weighted by Gasteiger charge is 2.36. The third-order valence-corrected chi connectivity index (χ3v) is 6.64. The molecule has 2 aromatic carbocycles. The topological polar surface area (TPSA) is 92.3 Å². The largest absolute Gasteiger partial charge is 0.437 e. The molecule has 0 radical (unpaired) electrons. The molecule has 1 aliphatic rings. The number of aromatic nitrogens is 3. The number of ether oxygens (including phenoxy) is 1. The fourth-order valence-corrected chi connectivity index (χ4v) is 4.74. The van der Waals surface area contributed by atoms with E-state index in [0.29, 0.717) is 30.4 Å². The predicted molar refractivity (Wildman–Crippen MR) is 129 cm³/mol. The molecule has 8 nitrogen and oxygen atoms in total. The van der Waals surface area contributed by atoms with Crippen LogP contribution in [0.4, 0.5) is 10.8 Å². The highest BCUT2D eigenvalue weighted by Crippen LogP contribution is 2.34. The molecule has 1 amide bonds. The van der Waals surface area contributed by atoms with Gasteiger partial charge in [0, 0.05) is 31.2 Å². The zero-order chi connectivity index (χ0) is 22.8. The third-order valence-electron chi connectivity index (χ3n) is 5.69. The first-order valence-electron chi connectivity index (χ1n) is 10.7. The highest BCUT2D eigenvalue weighted by molar-refractivity contribution is 7.22. The first kappa shape index (κ1) is 21.3. The number of amides is 1. The minimum atomic E-state index is -0.518. The summed E-state index contributed by atoms with van der Waals surface area (Å²) in [6.07, 6.45) is 3.26. The van der Waals surface area contributed by atoms with Gasteiger partial charge in [0.2, 0.25) is 11.8 Å². The molecule has 0 saturated carbocycles. The van der Waals surface area contributed by atoms with Crippen LogP contribution in [-0.2, 0) is 10.3 Å². The van der Waals surface area contributed by atoms with E-state index in [0.717, 1.165) is 27.6 Å². The van der Waals surface area contributed by atoms with Gasteiger partial charge < -0.3 is 15.4 Å². The monoisotopic (exact) mass is 460 g/mol. The van der Waals surface area contributed by atoms with Gasteiger partial charge in [0.15, 0.2) is 5.13 Å². The van der Waals surface area contributed by atoms with E-state index in [4.69, 9.17) is 4.74 Å². The molecule has 0 bridgehead atoms. The van der Waals surface area contributed by atoms with Crippen molar-refractivity contribution in [3.63, 3.8) is 0 Å². The van der Waals surface area contributed by atoms with Gasteiger partial charge in [0.1, 0.15) is 11.4 Å². The van der Waals surface area contributed by atoms with E-state index in [9.17, 15) is 4.79 Å². The Morgan fingerprint density at radius 3 is 2.67 bits per heavy atom. The van der Waals surface area contributed by atoms with Crippen LogP contribution < -0.4 is 15.4 Å². The van der Waals surface area contributed by atoms with E-state index in [-0.39, 0.29) is 5.91 Å². The number of benzene rings is 2. The van der Waals surface area contributed by atoms with Crippen LogP contribution >= 0.6 is 11.3 Å². The van der Waals surface area contributed by atoms with Crippen molar-refractivity contribution in [2.45, 2.75) is 19.4 Å². The van der Waals surface area contributed by atoms with Crippen LogP contribution in [0.15, 0.2) is 60.9 Å². The normalized spacial score (nSPS) is 14.8. The number of thiazole rings is 1. The maximum absolute atomic E-state index is 11.9. The molecule has 0 spiro atoms. The summed E-state index contributed by atoms with van der Waals surface area (Å²) < 4.78 is 7.27. The Labute approximate surface area is 195 Å². The van der Waals surface area contributed by atoms with Gasteiger partial charge in [-0.15, -0.1) is 0 Å². The molecule has 1 aliphatic heterocycles. The summed E-state index contributed by atoms with van der Waals surface area (Å²) >= 11 is 1.61. The fraction of sp³-hybridized carbons (Fsp3) is 0.250. The molecule has 4 aromatic rings. The van der Waals surface area contributed by atoms with Crippen molar-refractivity contribution in [3.05, 3.63) is 66.6 Å². The maximum Gasteiger partial charge on any atom is 0.243 e. The molecule has 2 N–H and O–H groups in total. The fourth-order valence-electron chi connectivity index (χ4n) is 3.85. The Bertz CT molecular complexity index is 1250. The lowest BCUT2D eigenvalue weighted by Crippen LogP contribution is -2.54. The lowest BCUT2D eigenvalue weighted by atomic mass is 9.97. The summed E-state index contributed by atoms with van der Waals surface area (Å²) in [5, 5.41) is 7.05. The SMILES string of the molecule is CC(C)(c1nccnc1Oc1ccc(Nc2nc3ccccc3s2)cc1)N1CCNC(=O)C1. The second kappa shape index (κ2) is 8.76. The Balaban J connectivity index is 1.33. The number of hydrogen-bond donors (Lipinski definition) is 2. The quantitative estimate of drug-likeness (QED) is 0.443. The summed E-state index contributed by atoms with van der Waals surface area (Å²) in [5.74, 6) is 1.09. The molecule has 2 aromatic heterocycles. The van der Waals surface area contributed by atoms with Gasteiger partial charge in [-0.05, 0) is 50.2 Å². The molecule has 33 heavy (non-hydrogen) atoms. The summed E-state index contributed by atoms with van der Waals surface area (Å²) in [6, 6.07) is 15.7. The van der Waals surface area contributed by atoms with Gasteiger partial charge in [0.25, 0.3) is 0 Å². The van der Waals surface area contributed by atoms with Gasteiger partial charge in [-0.2, -0.15) is 0 Å². The Morgan fingerprint density at radius 2 is 1.88 bits per heavy atom. The number of piperazine rings is 1. The average Bonchev–Trinajstić information content (AvgIpc) is 3.23. The molecule has 1 saturated heterocycles. The molecule has 168 valence electrons. The first-order valence-corrected chi connectivity index (χ1v) is 11.5. The van der Waals surface area contributed by atoms with Crippen LogP contribution in [0.5, 0.6) is 11.6 Å². The number of fused-ring (bicyclic) bond motifs is 1. The molecule has 5 rings (SSSR count). The Hall–Kier alpha value is -3.56. The maximum atomic E-state index is 11.9. The number of hydrogen-bond acceptors (Lipinski definition) is 8. The standard InChI is InChI=1S/C24H24N6O2S/c1-24(2,30-14-13-25-20(31)15-30)21-22(27-12-11-26-21)32-17-9-7-16(8-10-17)28-23-29-18-5-3-4-6-19(18)33-23/h3-12H,13-15H2,1-2H3,(H,25,31)(H,28,29). The summed E-state index contributed by atoms with van der Waals surface area (Å²) in [5.41, 5.74) is 2.07. The number of nitrogens with zero attached hydrogens (tertiary/aromatic N) is 4. The second-order valence-corrected chi connectivity index (χ2v) is 9.31. The number of para-hydroxylation sites is 1. The molecule has 0 aliphatic carbocycles. The van der Waals surface area contributed by atoms with E-state index < -0.39 is 5.54 Å². The summed E-state index contributed by atoms with van der Waals surface area (Å²) in [4.78, 5) is 27.6. The molecular weight excluding hydrogens is 436 g/mol. The van der Waals surface area contributed by atoms with E-state index in [2.05, 4.69) is 36.6 Å². The van der Waals surface area contributed by atoms with Crippen LogP contribution in [0.25, 0.3) is 10.2 Å². The highest BCUT2D eigenvalue weighted by atomic mass is 32.1. The van der Waals surface area contributed by atoms with Crippen LogP contribution in [-0.4, -0.2) is 45.4 Å². The molecule has 0 atom stereocenters. The van der Waals surface area contributed by atoms with Crippen molar-refractivity contribution in [1.29, 1.82) is 0 Å². The minimum Gasteiger partial charge on any atom is -0.437 e. The number of carbonyl (C=O) groups is 1. The minimum absolute atomic E-state index is 0.0110.